The molecule has 2 aliphatic heterocycles. The molecule has 0 radical (unpaired) electrons. The average molecular weight is 419 g/mol. The Balaban J connectivity index is 1.45. The van der Waals surface area contributed by atoms with Gasteiger partial charge in [-0.15, -0.1) is 0 Å². The van der Waals surface area contributed by atoms with Crippen molar-refractivity contribution in [3.8, 4) is 0 Å². The molecule has 1 aromatic carbocycles. The summed E-state index contributed by atoms with van der Waals surface area (Å²) in [5, 5.41) is 3.40. The van der Waals surface area contributed by atoms with Crippen molar-refractivity contribution < 1.29 is 13.2 Å². The lowest BCUT2D eigenvalue weighted by Gasteiger charge is -2.30. The summed E-state index contributed by atoms with van der Waals surface area (Å²) in [6, 6.07) is 5.22. The quantitative estimate of drug-likeness (QED) is 0.797. The number of nitrogens with one attached hydrogen (secondary N) is 1. The van der Waals surface area contributed by atoms with Crippen LogP contribution < -0.4 is 10.9 Å². The fourth-order valence-corrected chi connectivity index (χ4v) is 5.73. The molecule has 4 rings (SSSR count). The van der Waals surface area contributed by atoms with Gasteiger partial charge in [0, 0.05) is 37.7 Å². The fraction of sp³-hybridized carbons (Fsp3) is 0.550. The van der Waals surface area contributed by atoms with E-state index < -0.39 is 10.0 Å². The highest BCUT2D eigenvalue weighted by Crippen LogP contribution is 2.23. The van der Waals surface area contributed by atoms with Gasteiger partial charge in [-0.25, -0.2) is 17.7 Å². The van der Waals surface area contributed by atoms with Gasteiger partial charge >= 0.3 is 0 Å². The maximum absolute atomic E-state index is 12.7. The number of nitrogens with zero attached hydrogens (tertiary/aromatic N) is 3. The number of fused-ring (bicyclic) bond motifs is 2. The number of aryl methyl sites for hydroxylation is 1. The molecule has 0 spiro atoms. The number of sulfonamides is 1. The van der Waals surface area contributed by atoms with E-state index in [1.165, 1.54) is 4.31 Å². The fourth-order valence-electron chi connectivity index (χ4n) is 4.19. The van der Waals surface area contributed by atoms with E-state index in [9.17, 15) is 18.0 Å². The number of carbonyl (C=O) groups is 1. The Morgan fingerprint density at radius 3 is 2.72 bits per heavy atom. The Kier molecular flexibility index (Phi) is 5.44. The number of amides is 1. The molecule has 8 nitrogen and oxygen atoms in total. The molecule has 1 N–H and O–H groups in total. The molecule has 9 heteroatoms. The number of hydrogen-bond acceptors (Lipinski definition) is 5. The first kappa shape index (κ1) is 20.0. The van der Waals surface area contributed by atoms with Crippen LogP contribution in [-0.4, -0.2) is 47.0 Å². The van der Waals surface area contributed by atoms with Crippen molar-refractivity contribution in [3.05, 3.63) is 34.4 Å². The van der Waals surface area contributed by atoms with E-state index in [0.29, 0.717) is 55.5 Å². The Morgan fingerprint density at radius 1 is 1.24 bits per heavy atom. The molecule has 29 heavy (non-hydrogen) atoms. The lowest BCUT2D eigenvalue weighted by molar-refractivity contribution is -0.120. The lowest BCUT2D eigenvalue weighted by atomic mass is 9.97. The normalized spacial score (nSPS) is 18.1. The molecule has 1 fully saturated rings. The summed E-state index contributed by atoms with van der Waals surface area (Å²) >= 11 is 0. The predicted octanol–water partition coefficient (Wildman–Crippen LogP) is 1.73. The molecule has 3 heterocycles. The van der Waals surface area contributed by atoms with Crippen molar-refractivity contribution in [2.75, 3.05) is 24.2 Å². The number of aromatic nitrogens is 2. The highest BCUT2D eigenvalue weighted by atomic mass is 32.2. The molecule has 156 valence electrons. The van der Waals surface area contributed by atoms with Crippen LogP contribution in [0.3, 0.4) is 0 Å². The topological polar surface area (TPSA) is 101 Å². The van der Waals surface area contributed by atoms with Crippen LogP contribution in [0.4, 0.5) is 5.69 Å². The van der Waals surface area contributed by atoms with Crippen molar-refractivity contribution in [2.24, 2.45) is 5.92 Å². The van der Waals surface area contributed by atoms with E-state index in [-0.39, 0.29) is 23.1 Å². The van der Waals surface area contributed by atoms with Gasteiger partial charge in [0.15, 0.2) is 0 Å². The predicted molar refractivity (Wildman–Crippen MR) is 111 cm³/mol. The van der Waals surface area contributed by atoms with E-state index >= 15 is 0 Å². The van der Waals surface area contributed by atoms with Crippen molar-refractivity contribution >= 4 is 32.5 Å². The van der Waals surface area contributed by atoms with Crippen LogP contribution in [0.5, 0.6) is 0 Å². The highest BCUT2D eigenvalue weighted by Gasteiger charge is 2.30. The number of rotatable bonds is 5. The van der Waals surface area contributed by atoms with Crippen LogP contribution in [0.15, 0.2) is 23.0 Å². The van der Waals surface area contributed by atoms with Gasteiger partial charge in [0.2, 0.25) is 15.9 Å². The summed E-state index contributed by atoms with van der Waals surface area (Å²) in [7, 11) is -3.22. The molecular formula is C20H26N4O4S. The molecule has 0 atom stereocenters. The second-order valence-corrected chi connectivity index (χ2v) is 9.89. The zero-order valence-electron chi connectivity index (χ0n) is 16.6. The van der Waals surface area contributed by atoms with Gasteiger partial charge in [-0.1, -0.05) is 6.92 Å². The van der Waals surface area contributed by atoms with Gasteiger partial charge < -0.3 is 5.32 Å². The van der Waals surface area contributed by atoms with Gasteiger partial charge in [0.05, 0.1) is 16.7 Å². The van der Waals surface area contributed by atoms with Crippen LogP contribution in [0.25, 0.3) is 10.9 Å². The maximum Gasteiger partial charge on any atom is 0.261 e. The number of carbonyl (C=O) groups excluding carboxylic acids is 1. The first-order chi connectivity index (χ1) is 13.9. The average Bonchev–Trinajstić information content (AvgIpc) is 3.17. The third-order valence-corrected chi connectivity index (χ3v) is 7.84. The third kappa shape index (κ3) is 3.93. The minimum Gasteiger partial charge on any atom is -0.326 e. The Hall–Kier alpha value is -2.26. The van der Waals surface area contributed by atoms with E-state index in [0.717, 1.165) is 18.7 Å². The summed E-state index contributed by atoms with van der Waals surface area (Å²) in [4.78, 5) is 29.9. The van der Waals surface area contributed by atoms with Crippen molar-refractivity contribution in [2.45, 2.75) is 45.6 Å². The van der Waals surface area contributed by atoms with E-state index in [2.05, 4.69) is 10.3 Å². The zero-order chi connectivity index (χ0) is 20.6. The molecule has 0 unspecified atom stereocenters. The molecule has 1 saturated heterocycles. The van der Waals surface area contributed by atoms with Crippen LogP contribution >= 0.6 is 0 Å². The van der Waals surface area contributed by atoms with Crippen molar-refractivity contribution in [3.63, 3.8) is 0 Å². The monoisotopic (exact) mass is 418 g/mol. The van der Waals surface area contributed by atoms with Gasteiger partial charge in [-0.2, -0.15) is 0 Å². The third-order valence-electron chi connectivity index (χ3n) is 5.76. The molecule has 1 amide bonds. The molecule has 0 aliphatic carbocycles. The van der Waals surface area contributed by atoms with Crippen molar-refractivity contribution in [1.29, 1.82) is 0 Å². The molecule has 2 aromatic rings. The first-order valence-electron chi connectivity index (χ1n) is 10.2. The van der Waals surface area contributed by atoms with Gasteiger partial charge in [-0.05, 0) is 43.9 Å². The van der Waals surface area contributed by atoms with Crippen LogP contribution in [0, 0.1) is 5.92 Å². The van der Waals surface area contributed by atoms with E-state index in [4.69, 9.17) is 0 Å². The Bertz CT molecular complexity index is 1100. The Labute approximate surface area is 170 Å². The van der Waals surface area contributed by atoms with Gasteiger partial charge in [0.1, 0.15) is 5.82 Å². The number of anilines is 1. The minimum absolute atomic E-state index is 0.0620. The smallest absolute Gasteiger partial charge is 0.261 e. The number of benzene rings is 1. The van der Waals surface area contributed by atoms with Gasteiger partial charge in [-0.3, -0.25) is 14.2 Å². The highest BCUT2D eigenvalue weighted by molar-refractivity contribution is 7.89. The zero-order valence-corrected chi connectivity index (χ0v) is 17.4. The molecular weight excluding hydrogens is 392 g/mol. The van der Waals surface area contributed by atoms with Crippen LogP contribution in [-0.2, 0) is 27.8 Å². The lowest BCUT2D eigenvalue weighted by Crippen LogP contribution is -2.42. The second kappa shape index (κ2) is 7.87. The summed E-state index contributed by atoms with van der Waals surface area (Å²) < 4.78 is 27.6. The standard InChI is InChI=1S/C20H26N4O4S/c1-2-12-29(27,28)23-10-7-14(8-11-23)19(25)21-15-5-6-17-16(13-15)20(26)24-9-3-4-18(24)22-17/h5-6,13-14H,2-4,7-12H2,1H3,(H,21,25). The minimum atomic E-state index is -3.22. The van der Waals surface area contributed by atoms with E-state index in [1.54, 1.807) is 22.8 Å². The molecule has 2 aliphatic rings. The SMILES string of the molecule is CCCS(=O)(=O)N1CCC(C(=O)Nc2ccc3nc4n(c(=O)c3c2)CCC4)CC1. The summed E-state index contributed by atoms with van der Waals surface area (Å²) in [6.07, 6.45) is 3.33. The van der Waals surface area contributed by atoms with Crippen LogP contribution in [0.1, 0.15) is 38.4 Å². The van der Waals surface area contributed by atoms with Crippen LogP contribution in [0.2, 0.25) is 0 Å². The summed E-state index contributed by atoms with van der Waals surface area (Å²) in [6.45, 7) is 3.27. The largest absolute Gasteiger partial charge is 0.326 e. The maximum atomic E-state index is 12.7. The molecule has 0 bridgehead atoms. The Morgan fingerprint density at radius 2 is 2.00 bits per heavy atom. The summed E-state index contributed by atoms with van der Waals surface area (Å²) in [5.74, 6) is 0.599. The first-order valence-corrected chi connectivity index (χ1v) is 11.8. The summed E-state index contributed by atoms with van der Waals surface area (Å²) in [5.41, 5.74) is 1.16. The number of hydrogen-bond donors (Lipinski definition) is 1. The van der Waals surface area contributed by atoms with E-state index in [1.807, 2.05) is 6.92 Å². The second-order valence-electron chi connectivity index (χ2n) is 7.80. The number of piperidine rings is 1. The molecule has 1 aromatic heterocycles. The van der Waals surface area contributed by atoms with Gasteiger partial charge in [0.25, 0.3) is 5.56 Å². The van der Waals surface area contributed by atoms with Crippen molar-refractivity contribution in [1.82, 2.24) is 13.9 Å². The molecule has 0 saturated carbocycles.